The molecule has 0 fully saturated rings. The Morgan fingerprint density at radius 3 is 2.80 bits per heavy atom. The van der Waals surface area contributed by atoms with Crippen LogP contribution in [0.4, 0.5) is 4.39 Å². The maximum atomic E-state index is 15.2. The van der Waals surface area contributed by atoms with Crippen molar-refractivity contribution in [3.63, 3.8) is 0 Å². The Morgan fingerprint density at radius 2 is 2.10 bits per heavy atom. The number of nitrogens with zero attached hydrogens (tertiary/aromatic N) is 2. The largest absolute Gasteiger partial charge is 0.352 e. The van der Waals surface area contributed by atoms with Gasteiger partial charge >= 0.3 is 0 Å². The van der Waals surface area contributed by atoms with E-state index in [1.807, 2.05) is 0 Å². The predicted octanol–water partition coefficient (Wildman–Crippen LogP) is 3.54. The molecule has 0 bridgehead atoms. The average Bonchev–Trinajstić information content (AvgIpc) is 2.72. The molecule has 0 spiro atoms. The van der Waals surface area contributed by atoms with Crippen LogP contribution < -0.4 is 10.9 Å². The number of terminal acetylenes is 1. The normalized spacial score (nSPS) is 10.7. The Balaban J connectivity index is 2.06. The van der Waals surface area contributed by atoms with Crippen molar-refractivity contribution in [1.29, 1.82) is 0 Å². The van der Waals surface area contributed by atoms with Gasteiger partial charge in [-0.15, -0.1) is 6.42 Å². The average molecular weight is 425 g/mol. The predicted molar refractivity (Wildman–Crippen MR) is 113 cm³/mol. The van der Waals surface area contributed by atoms with Crippen molar-refractivity contribution in [2.45, 2.75) is 20.4 Å². The number of aromatic amines is 1. The van der Waals surface area contributed by atoms with Gasteiger partial charge in [0.1, 0.15) is 11.6 Å². The molecule has 2 N–H and O–H groups in total. The van der Waals surface area contributed by atoms with Gasteiger partial charge < -0.3 is 10.3 Å². The zero-order valence-corrected chi connectivity index (χ0v) is 17.0. The Hall–Kier alpha value is -3.50. The zero-order valence-electron chi connectivity index (χ0n) is 16.3. The third kappa shape index (κ3) is 4.56. The van der Waals surface area contributed by atoms with Crippen LogP contribution in [-0.2, 0) is 11.3 Å². The number of carbonyl (C=O) groups is 1. The fourth-order valence-corrected chi connectivity index (χ4v) is 2.95. The highest BCUT2D eigenvalue weighted by atomic mass is 35.5. The lowest BCUT2D eigenvalue weighted by atomic mass is 10.1. The van der Waals surface area contributed by atoms with E-state index < -0.39 is 11.4 Å². The van der Waals surface area contributed by atoms with Crippen molar-refractivity contribution in [1.82, 2.24) is 20.3 Å². The number of amides is 1. The summed E-state index contributed by atoms with van der Waals surface area (Å²) in [5.41, 5.74) is 0.959. The topological polar surface area (TPSA) is 87.7 Å². The molecule has 6 nitrogen and oxygen atoms in total. The molecule has 0 saturated heterocycles. The number of hydrogen-bond acceptors (Lipinski definition) is 4. The summed E-state index contributed by atoms with van der Waals surface area (Å²) in [6, 6.07) is 5.88. The van der Waals surface area contributed by atoms with E-state index in [1.165, 1.54) is 30.6 Å². The summed E-state index contributed by atoms with van der Waals surface area (Å²) in [4.78, 5) is 34.9. The second-order valence-electron chi connectivity index (χ2n) is 6.85. The number of halogens is 2. The second kappa shape index (κ2) is 8.89. The number of benzene rings is 1. The van der Waals surface area contributed by atoms with Crippen molar-refractivity contribution < 1.29 is 9.18 Å². The first-order chi connectivity index (χ1) is 14.3. The molecule has 0 aliphatic carbocycles. The maximum Gasteiger partial charge on any atom is 0.251 e. The number of carbonyl (C=O) groups excluding carboxylic acids is 1. The number of nitrogens with one attached hydrogen (secondary N) is 2. The third-order valence-corrected chi connectivity index (χ3v) is 4.64. The van der Waals surface area contributed by atoms with E-state index in [9.17, 15) is 9.59 Å². The van der Waals surface area contributed by atoms with Gasteiger partial charge in [0, 0.05) is 47.6 Å². The van der Waals surface area contributed by atoms with Gasteiger partial charge in [0.05, 0.1) is 16.3 Å². The Bertz CT molecular complexity index is 1210. The monoisotopic (exact) mass is 424 g/mol. The smallest absolute Gasteiger partial charge is 0.251 e. The molecule has 0 saturated carbocycles. The van der Waals surface area contributed by atoms with E-state index in [4.69, 9.17) is 18.0 Å². The summed E-state index contributed by atoms with van der Waals surface area (Å²) in [7, 11) is 0. The molecular formula is C22H18ClFN4O2. The number of hydrogen-bond donors (Lipinski definition) is 2. The molecule has 3 aromatic rings. The summed E-state index contributed by atoms with van der Waals surface area (Å²) >= 11 is 6.22. The molecule has 1 amide bonds. The molecule has 0 unspecified atom stereocenters. The minimum atomic E-state index is -0.678. The quantitative estimate of drug-likeness (QED) is 0.613. The van der Waals surface area contributed by atoms with Crippen molar-refractivity contribution in [2.24, 2.45) is 5.92 Å². The van der Waals surface area contributed by atoms with E-state index in [-0.39, 0.29) is 46.0 Å². The Labute approximate surface area is 177 Å². The van der Waals surface area contributed by atoms with Gasteiger partial charge in [0.15, 0.2) is 0 Å². The highest BCUT2D eigenvalue weighted by Gasteiger charge is 2.18. The Morgan fingerprint density at radius 1 is 1.33 bits per heavy atom. The summed E-state index contributed by atoms with van der Waals surface area (Å²) in [6.45, 7) is 3.46. The minimum absolute atomic E-state index is 0.0227. The SMILES string of the molecule is C#Cc1cncc(-c2cc(=O)[nH]c(-c3c(Cl)ccc(CNC(=O)C(C)C)c3F)n2)c1. The molecule has 0 radical (unpaired) electrons. The van der Waals surface area contributed by atoms with Crippen LogP contribution in [0.2, 0.25) is 5.02 Å². The summed E-state index contributed by atoms with van der Waals surface area (Å²) in [5.74, 6) is 1.30. The van der Waals surface area contributed by atoms with Gasteiger partial charge in [0.25, 0.3) is 5.56 Å². The Kier molecular flexibility index (Phi) is 6.28. The minimum Gasteiger partial charge on any atom is -0.352 e. The van der Waals surface area contributed by atoms with Crippen LogP contribution >= 0.6 is 11.6 Å². The first kappa shape index (κ1) is 21.2. The summed E-state index contributed by atoms with van der Waals surface area (Å²) < 4.78 is 15.2. The first-order valence-electron chi connectivity index (χ1n) is 9.08. The van der Waals surface area contributed by atoms with Crippen LogP contribution in [0.3, 0.4) is 0 Å². The van der Waals surface area contributed by atoms with Crippen LogP contribution in [0.5, 0.6) is 0 Å². The molecule has 30 heavy (non-hydrogen) atoms. The summed E-state index contributed by atoms with van der Waals surface area (Å²) in [6.07, 6.45) is 8.40. The zero-order chi connectivity index (χ0) is 21.8. The second-order valence-corrected chi connectivity index (χ2v) is 7.26. The van der Waals surface area contributed by atoms with Gasteiger partial charge in [-0.3, -0.25) is 14.6 Å². The maximum absolute atomic E-state index is 15.2. The van der Waals surface area contributed by atoms with E-state index >= 15 is 4.39 Å². The number of aromatic nitrogens is 3. The number of H-pyrrole nitrogens is 1. The molecule has 2 aromatic heterocycles. The summed E-state index contributed by atoms with van der Waals surface area (Å²) in [5, 5.41) is 2.73. The van der Waals surface area contributed by atoms with E-state index in [0.29, 0.717) is 11.1 Å². The van der Waals surface area contributed by atoms with Crippen LogP contribution in [0.25, 0.3) is 22.6 Å². The van der Waals surface area contributed by atoms with Crippen LogP contribution in [0.15, 0.2) is 41.5 Å². The highest BCUT2D eigenvalue weighted by molar-refractivity contribution is 6.33. The van der Waals surface area contributed by atoms with E-state index in [0.717, 1.165) is 0 Å². The molecule has 1 aromatic carbocycles. The van der Waals surface area contributed by atoms with Gasteiger partial charge in [0.2, 0.25) is 5.91 Å². The van der Waals surface area contributed by atoms with Gasteiger partial charge in [-0.2, -0.15) is 0 Å². The van der Waals surface area contributed by atoms with Crippen molar-refractivity contribution in [3.8, 4) is 35.0 Å². The lowest BCUT2D eigenvalue weighted by molar-refractivity contribution is -0.124. The fourth-order valence-electron chi connectivity index (χ4n) is 2.72. The van der Waals surface area contributed by atoms with Gasteiger partial charge in [-0.1, -0.05) is 37.4 Å². The first-order valence-corrected chi connectivity index (χ1v) is 9.46. The lowest BCUT2D eigenvalue weighted by Crippen LogP contribution is -2.27. The van der Waals surface area contributed by atoms with Gasteiger partial charge in [-0.25, -0.2) is 9.37 Å². The fraction of sp³-hybridized carbons (Fsp3) is 0.182. The number of rotatable bonds is 5. The van der Waals surface area contributed by atoms with Crippen molar-refractivity contribution >= 4 is 17.5 Å². The lowest BCUT2D eigenvalue weighted by Gasteiger charge is -2.12. The molecule has 0 aliphatic rings. The molecule has 0 aliphatic heterocycles. The van der Waals surface area contributed by atoms with Crippen molar-refractivity contribution in [3.05, 3.63) is 69.0 Å². The van der Waals surface area contributed by atoms with E-state index in [2.05, 4.69) is 26.2 Å². The van der Waals surface area contributed by atoms with Crippen LogP contribution in [-0.4, -0.2) is 20.9 Å². The molecular weight excluding hydrogens is 407 g/mol. The van der Waals surface area contributed by atoms with Crippen LogP contribution in [0, 0.1) is 24.1 Å². The van der Waals surface area contributed by atoms with Crippen molar-refractivity contribution in [2.75, 3.05) is 0 Å². The van der Waals surface area contributed by atoms with Gasteiger partial charge in [-0.05, 0) is 12.1 Å². The standard InChI is InChI=1S/C22H18ClFN4O2/c1-4-13-7-15(10-25-9-13)17-8-18(29)28-21(27-17)19-16(23)6-5-14(20(19)24)11-26-22(30)12(2)3/h1,5-10,12H,11H2,2-3H3,(H,26,30)(H,27,28,29). The molecule has 8 heteroatoms. The molecule has 152 valence electrons. The highest BCUT2D eigenvalue weighted by Crippen LogP contribution is 2.31. The molecule has 3 rings (SSSR count). The molecule has 0 atom stereocenters. The third-order valence-electron chi connectivity index (χ3n) is 4.33. The van der Waals surface area contributed by atoms with Crippen LogP contribution in [0.1, 0.15) is 25.0 Å². The van der Waals surface area contributed by atoms with E-state index in [1.54, 1.807) is 19.9 Å². The number of pyridine rings is 1. The molecule has 2 heterocycles.